The first-order valence-corrected chi connectivity index (χ1v) is 8.63. The molecule has 2 rings (SSSR count). The molecule has 1 aliphatic heterocycles. The number of amides is 3. The molecule has 1 aromatic carbocycles. The maximum atomic E-state index is 12.8. The topological polar surface area (TPSA) is 69.7 Å². The van der Waals surface area contributed by atoms with E-state index in [2.05, 4.69) is 5.32 Å². The van der Waals surface area contributed by atoms with Gasteiger partial charge in [0.2, 0.25) is 11.8 Å². The van der Waals surface area contributed by atoms with E-state index < -0.39 is 0 Å². The molecule has 0 aliphatic carbocycles. The highest BCUT2D eigenvalue weighted by atomic mass is 16.2. The second-order valence-electron chi connectivity index (χ2n) is 7.38. The van der Waals surface area contributed by atoms with Gasteiger partial charge in [0, 0.05) is 36.8 Å². The van der Waals surface area contributed by atoms with Crippen molar-refractivity contribution in [3.8, 4) is 0 Å². The summed E-state index contributed by atoms with van der Waals surface area (Å²) in [6.07, 6.45) is 0.743. The summed E-state index contributed by atoms with van der Waals surface area (Å²) in [5.74, 6) is -0.339. The first-order valence-electron chi connectivity index (χ1n) is 8.63. The lowest BCUT2D eigenvalue weighted by molar-refractivity contribution is -0.123. The van der Waals surface area contributed by atoms with E-state index in [1.54, 1.807) is 17.9 Å². The number of anilines is 1. The van der Waals surface area contributed by atoms with Gasteiger partial charge in [-0.2, -0.15) is 0 Å². The SMILES string of the molecule is CCN(CC(=O)NC(C)(C)C)C(=O)c1ccc2c(c1)CCN2C(C)=O. The molecule has 3 amide bonds. The van der Waals surface area contributed by atoms with Gasteiger partial charge in [-0.3, -0.25) is 14.4 Å². The Morgan fingerprint density at radius 1 is 1.24 bits per heavy atom. The smallest absolute Gasteiger partial charge is 0.254 e. The fourth-order valence-electron chi connectivity index (χ4n) is 3.00. The third-order valence-electron chi connectivity index (χ3n) is 4.12. The molecule has 0 spiro atoms. The van der Waals surface area contributed by atoms with E-state index in [1.807, 2.05) is 39.8 Å². The molecule has 0 atom stereocenters. The van der Waals surface area contributed by atoms with Gasteiger partial charge in [-0.1, -0.05) is 0 Å². The minimum Gasteiger partial charge on any atom is -0.350 e. The molecule has 136 valence electrons. The zero-order valence-electron chi connectivity index (χ0n) is 15.7. The largest absolute Gasteiger partial charge is 0.350 e. The summed E-state index contributed by atoms with van der Waals surface area (Å²) >= 11 is 0. The number of nitrogens with zero attached hydrogens (tertiary/aromatic N) is 2. The van der Waals surface area contributed by atoms with Crippen LogP contribution in [0, 0.1) is 0 Å². The Balaban J connectivity index is 2.13. The van der Waals surface area contributed by atoms with E-state index in [1.165, 1.54) is 4.90 Å². The molecule has 1 aliphatic rings. The summed E-state index contributed by atoms with van der Waals surface area (Å²) in [5.41, 5.74) is 2.09. The van der Waals surface area contributed by atoms with Gasteiger partial charge in [0.05, 0.1) is 6.54 Å². The van der Waals surface area contributed by atoms with Crippen molar-refractivity contribution in [1.29, 1.82) is 0 Å². The Morgan fingerprint density at radius 3 is 2.48 bits per heavy atom. The van der Waals surface area contributed by atoms with Crippen molar-refractivity contribution in [3.05, 3.63) is 29.3 Å². The lowest BCUT2D eigenvalue weighted by Gasteiger charge is -2.25. The standard InChI is InChI=1S/C19H27N3O3/c1-6-21(12-17(24)20-19(3,4)5)18(25)15-7-8-16-14(11-15)9-10-22(16)13(2)23/h7-8,11H,6,9-10,12H2,1-5H3,(H,20,24). The zero-order valence-corrected chi connectivity index (χ0v) is 15.7. The number of hydrogen-bond acceptors (Lipinski definition) is 3. The predicted molar refractivity (Wildman–Crippen MR) is 97.6 cm³/mol. The highest BCUT2D eigenvalue weighted by molar-refractivity contribution is 5.99. The Hall–Kier alpha value is -2.37. The average Bonchev–Trinajstić information content (AvgIpc) is 2.93. The predicted octanol–water partition coefficient (Wildman–Crippen LogP) is 1.97. The third kappa shape index (κ3) is 4.59. The Labute approximate surface area is 149 Å². The molecular weight excluding hydrogens is 318 g/mol. The molecule has 0 saturated carbocycles. The minimum atomic E-state index is -0.330. The molecule has 1 N–H and O–H groups in total. The Kier molecular flexibility index (Phi) is 5.50. The van der Waals surface area contributed by atoms with Gasteiger partial charge in [-0.05, 0) is 57.9 Å². The molecule has 1 aromatic rings. The lowest BCUT2D eigenvalue weighted by atomic mass is 10.1. The number of hydrogen-bond donors (Lipinski definition) is 1. The van der Waals surface area contributed by atoms with Gasteiger partial charge in [-0.15, -0.1) is 0 Å². The van der Waals surface area contributed by atoms with Gasteiger partial charge >= 0.3 is 0 Å². The molecule has 0 fully saturated rings. The van der Waals surface area contributed by atoms with Crippen molar-refractivity contribution in [1.82, 2.24) is 10.2 Å². The van der Waals surface area contributed by atoms with E-state index in [0.717, 1.165) is 17.7 Å². The fourth-order valence-corrected chi connectivity index (χ4v) is 3.00. The lowest BCUT2D eigenvalue weighted by Crippen LogP contribution is -2.47. The van der Waals surface area contributed by atoms with Gasteiger partial charge in [-0.25, -0.2) is 0 Å². The number of benzene rings is 1. The van der Waals surface area contributed by atoms with Crippen LogP contribution in [0.5, 0.6) is 0 Å². The van der Waals surface area contributed by atoms with Crippen LogP contribution >= 0.6 is 0 Å². The second-order valence-corrected chi connectivity index (χ2v) is 7.38. The van der Waals surface area contributed by atoms with Crippen LogP contribution in [-0.2, 0) is 16.0 Å². The molecule has 0 unspecified atom stereocenters. The summed E-state index contributed by atoms with van der Waals surface area (Å²) < 4.78 is 0. The fraction of sp³-hybridized carbons (Fsp3) is 0.526. The van der Waals surface area contributed by atoms with E-state index in [0.29, 0.717) is 18.7 Å². The van der Waals surface area contributed by atoms with Crippen molar-refractivity contribution >= 4 is 23.4 Å². The number of carbonyl (C=O) groups excluding carboxylic acids is 3. The van der Waals surface area contributed by atoms with E-state index in [4.69, 9.17) is 0 Å². The normalized spacial score (nSPS) is 13.4. The zero-order chi connectivity index (χ0) is 18.8. The molecule has 25 heavy (non-hydrogen) atoms. The van der Waals surface area contributed by atoms with Crippen LogP contribution in [0.4, 0.5) is 5.69 Å². The summed E-state index contributed by atoms with van der Waals surface area (Å²) in [6.45, 7) is 10.2. The highest BCUT2D eigenvalue weighted by Crippen LogP contribution is 2.29. The number of nitrogens with one attached hydrogen (secondary N) is 1. The van der Waals surface area contributed by atoms with Crippen LogP contribution in [0.15, 0.2) is 18.2 Å². The summed E-state index contributed by atoms with van der Waals surface area (Å²) in [4.78, 5) is 39.7. The van der Waals surface area contributed by atoms with Crippen LogP contribution in [0.25, 0.3) is 0 Å². The molecular formula is C19H27N3O3. The molecule has 0 saturated heterocycles. The van der Waals surface area contributed by atoms with Crippen molar-refractivity contribution in [2.24, 2.45) is 0 Å². The summed E-state index contributed by atoms with van der Waals surface area (Å²) in [7, 11) is 0. The van der Waals surface area contributed by atoms with Crippen molar-refractivity contribution < 1.29 is 14.4 Å². The van der Waals surface area contributed by atoms with Crippen LogP contribution in [0.1, 0.15) is 50.5 Å². The number of likely N-dealkylation sites (N-methyl/N-ethyl adjacent to an activating group) is 1. The van der Waals surface area contributed by atoms with Crippen LogP contribution in [0.2, 0.25) is 0 Å². The van der Waals surface area contributed by atoms with Gasteiger partial charge in [0.15, 0.2) is 0 Å². The van der Waals surface area contributed by atoms with Crippen LogP contribution in [0.3, 0.4) is 0 Å². The van der Waals surface area contributed by atoms with E-state index in [-0.39, 0.29) is 29.8 Å². The second kappa shape index (κ2) is 7.25. The van der Waals surface area contributed by atoms with Gasteiger partial charge < -0.3 is 15.1 Å². The molecule has 0 aromatic heterocycles. The Morgan fingerprint density at radius 2 is 1.92 bits per heavy atom. The van der Waals surface area contributed by atoms with E-state index >= 15 is 0 Å². The summed E-state index contributed by atoms with van der Waals surface area (Å²) in [6, 6.07) is 5.39. The van der Waals surface area contributed by atoms with Crippen molar-refractivity contribution in [2.45, 2.75) is 46.6 Å². The highest BCUT2D eigenvalue weighted by Gasteiger charge is 2.25. The quantitative estimate of drug-likeness (QED) is 0.907. The van der Waals surface area contributed by atoms with Crippen molar-refractivity contribution in [3.63, 3.8) is 0 Å². The molecule has 6 heteroatoms. The maximum absolute atomic E-state index is 12.8. The van der Waals surface area contributed by atoms with Gasteiger partial charge in [0.25, 0.3) is 5.91 Å². The third-order valence-corrected chi connectivity index (χ3v) is 4.12. The van der Waals surface area contributed by atoms with Crippen LogP contribution in [-0.4, -0.2) is 47.8 Å². The summed E-state index contributed by atoms with van der Waals surface area (Å²) in [5, 5.41) is 2.87. The first-order chi connectivity index (χ1) is 11.6. The van der Waals surface area contributed by atoms with E-state index in [9.17, 15) is 14.4 Å². The van der Waals surface area contributed by atoms with Crippen molar-refractivity contribution in [2.75, 3.05) is 24.5 Å². The average molecular weight is 345 g/mol. The van der Waals surface area contributed by atoms with Gasteiger partial charge in [0.1, 0.15) is 0 Å². The number of rotatable bonds is 4. The minimum absolute atomic E-state index is 0.00635. The number of carbonyl (C=O) groups is 3. The van der Waals surface area contributed by atoms with Crippen LogP contribution < -0.4 is 10.2 Å². The number of fused-ring (bicyclic) bond motifs is 1. The Bertz CT molecular complexity index is 692. The first kappa shape index (κ1) is 19.0. The molecule has 1 heterocycles. The molecule has 6 nitrogen and oxygen atoms in total. The maximum Gasteiger partial charge on any atom is 0.254 e. The molecule has 0 radical (unpaired) electrons. The monoisotopic (exact) mass is 345 g/mol. The molecule has 0 bridgehead atoms.